The van der Waals surface area contributed by atoms with E-state index in [0.29, 0.717) is 17.9 Å². The molecule has 0 bridgehead atoms. The summed E-state index contributed by atoms with van der Waals surface area (Å²) in [6.45, 7) is 6.10. The number of hydrogen-bond acceptors (Lipinski definition) is 5. The summed E-state index contributed by atoms with van der Waals surface area (Å²) in [5.74, 6) is 1.73. The van der Waals surface area contributed by atoms with Crippen LogP contribution >= 0.6 is 0 Å². The highest BCUT2D eigenvalue weighted by Crippen LogP contribution is 2.32. The zero-order valence-corrected chi connectivity index (χ0v) is 13.5. The minimum absolute atomic E-state index is 0.312. The second-order valence-corrected chi connectivity index (χ2v) is 6.32. The van der Waals surface area contributed by atoms with E-state index >= 15 is 0 Å². The number of piperidine rings is 1. The lowest BCUT2D eigenvalue weighted by Crippen LogP contribution is -2.41. The fraction of sp³-hybridized carbons (Fsp3) is 0.471. The first kappa shape index (κ1) is 14.4. The van der Waals surface area contributed by atoms with Crippen LogP contribution < -0.4 is 0 Å². The normalized spacial score (nSPS) is 22.7. The van der Waals surface area contributed by atoms with Gasteiger partial charge < -0.3 is 4.42 Å². The SMILES string of the molecule is Cc1nnc([C@H]2CCCN(Cc3cnn4ccccc34)[C@H]2C)o1. The molecule has 0 spiro atoms. The van der Waals surface area contributed by atoms with Crippen LogP contribution in [0.15, 0.2) is 35.0 Å². The second kappa shape index (κ2) is 5.77. The van der Waals surface area contributed by atoms with Crippen LogP contribution in [0.25, 0.3) is 5.52 Å². The number of pyridine rings is 1. The first-order valence-corrected chi connectivity index (χ1v) is 8.17. The molecule has 0 aromatic carbocycles. The van der Waals surface area contributed by atoms with Crippen molar-refractivity contribution in [2.24, 2.45) is 0 Å². The predicted molar refractivity (Wildman–Crippen MR) is 86.1 cm³/mol. The molecule has 1 aliphatic rings. The van der Waals surface area contributed by atoms with Crippen molar-refractivity contribution < 1.29 is 4.42 Å². The standard InChI is InChI=1S/C17H21N5O/c1-12-15(17-20-19-13(2)23-17)6-5-8-21(12)11-14-10-18-22-9-4-3-7-16(14)22/h3-4,7,9-10,12,15H,5-6,8,11H2,1-2H3/t12-,15-/m0/s1. The Labute approximate surface area is 135 Å². The van der Waals surface area contributed by atoms with E-state index in [2.05, 4.69) is 39.3 Å². The quantitative estimate of drug-likeness (QED) is 0.744. The Balaban J connectivity index is 1.56. The summed E-state index contributed by atoms with van der Waals surface area (Å²) in [7, 11) is 0. The molecular weight excluding hydrogens is 290 g/mol. The number of hydrogen-bond donors (Lipinski definition) is 0. The van der Waals surface area contributed by atoms with Crippen LogP contribution in [0.4, 0.5) is 0 Å². The average molecular weight is 311 g/mol. The van der Waals surface area contributed by atoms with E-state index in [4.69, 9.17) is 4.42 Å². The first-order valence-electron chi connectivity index (χ1n) is 8.17. The van der Waals surface area contributed by atoms with E-state index in [9.17, 15) is 0 Å². The van der Waals surface area contributed by atoms with Crippen molar-refractivity contribution in [1.82, 2.24) is 24.7 Å². The summed E-state index contributed by atoms with van der Waals surface area (Å²) in [5, 5.41) is 12.7. The van der Waals surface area contributed by atoms with Gasteiger partial charge in [0.25, 0.3) is 0 Å². The van der Waals surface area contributed by atoms with Gasteiger partial charge in [-0.3, -0.25) is 4.90 Å². The fourth-order valence-electron chi connectivity index (χ4n) is 3.56. The zero-order valence-electron chi connectivity index (χ0n) is 13.5. The molecule has 4 rings (SSSR count). The van der Waals surface area contributed by atoms with Crippen LogP contribution in [0, 0.1) is 6.92 Å². The third-order valence-corrected chi connectivity index (χ3v) is 4.86. The van der Waals surface area contributed by atoms with Crippen LogP contribution in [-0.2, 0) is 6.54 Å². The molecule has 3 aromatic heterocycles. The smallest absolute Gasteiger partial charge is 0.221 e. The van der Waals surface area contributed by atoms with Crippen molar-refractivity contribution in [1.29, 1.82) is 0 Å². The lowest BCUT2D eigenvalue weighted by molar-refractivity contribution is 0.119. The van der Waals surface area contributed by atoms with E-state index in [-0.39, 0.29) is 0 Å². The third-order valence-electron chi connectivity index (χ3n) is 4.86. The van der Waals surface area contributed by atoms with Gasteiger partial charge in [0.05, 0.1) is 17.6 Å². The van der Waals surface area contributed by atoms with E-state index < -0.39 is 0 Å². The van der Waals surface area contributed by atoms with Crippen LogP contribution in [0.5, 0.6) is 0 Å². The molecule has 120 valence electrons. The predicted octanol–water partition coefficient (Wildman–Crippen LogP) is 2.79. The van der Waals surface area contributed by atoms with Gasteiger partial charge in [0.2, 0.25) is 11.8 Å². The topological polar surface area (TPSA) is 59.5 Å². The number of aromatic nitrogens is 4. The molecule has 0 aliphatic carbocycles. The molecule has 0 unspecified atom stereocenters. The summed E-state index contributed by atoms with van der Waals surface area (Å²) in [6, 6.07) is 6.56. The number of likely N-dealkylation sites (tertiary alicyclic amines) is 1. The van der Waals surface area contributed by atoms with Crippen LogP contribution in [0.3, 0.4) is 0 Å². The minimum Gasteiger partial charge on any atom is -0.425 e. The first-order chi connectivity index (χ1) is 11.2. The van der Waals surface area contributed by atoms with Gasteiger partial charge in [-0.05, 0) is 38.4 Å². The Morgan fingerprint density at radius 3 is 3.04 bits per heavy atom. The fourth-order valence-corrected chi connectivity index (χ4v) is 3.56. The van der Waals surface area contributed by atoms with Gasteiger partial charge in [-0.1, -0.05) is 6.07 Å². The molecule has 1 saturated heterocycles. The minimum atomic E-state index is 0.312. The molecule has 3 aromatic rings. The number of nitrogens with zero attached hydrogens (tertiary/aromatic N) is 5. The monoisotopic (exact) mass is 311 g/mol. The lowest BCUT2D eigenvalue weighted by Gasteiger charge is -2.37. The molecule has 1 aliphatic heterocycles. The van der Waals surface area contributed by atoms with Crippen molar-refractivity contribution in [3.63, 3.8) is 0 Å². The Morgan fingerprint density at radius 1 is 1.30 bits per heavy atom. The zero-order chi connectivity index (χ0) is 15.8. The average Bonchev–Trinajstić information content (AvgIpc) is 3.16. The molecule has 6 nitrogen and oxygen atoms in total. The van der Waals surface area contributed by atoms with Crippen LogP contribution in [0.2, 0.25) is 0 Å². The van der Waals surface area contributed by atoms with E-state index in [1.54, 1.807) is 0 Å². The molecule has 0 amide bonds. The molecule has 0 N–H and O–H groups in total. The Bertz CT molecular complexity index is 808. The summed E-state index contributed by atoms with van der Waals surface area (Å²) in [4.78, 5) is 2.50. The maximum Gasteiger partial charge on any atom is 0.221 e. The molecule has 0 radical (unpaired) electrons. The van der Waals surface area contributed by atoms with Gasteiger partial charge in [-0.25, -0.2) is 4.52 Å². The van der Waals surface area contributed by atoms with Crippen molar-refractivity contribution >= 4 is 5.52 Å². The van der Waals surface area contributed by atoms with Crippen molar-refractivity contribution in [2.75, 3.05) is 6.54 Å². The number of rotatable bonds is 3. The third kappa shape index (κ3) is 2.63. The summed E-state index contributed by atoms with van der Waals surface area (Å²) in [6.07, 6.45) is 6.22. The molecule has 0 saturated carbocycles. The van der Waals surface area contributed by atoms with E-state index in [1.807, 2.05) is 29.9 Å². The summed E-state index contributed by atoms with van der Waals surface area (Å²) < 4.78 is 7.62. The van der Waals surface area contributed by atoms with Gasteiger partial charge in [-0.2, -0.15) is 5.10 Å². The highest BCUT2D eigenvalue weighted by atomic mass is 16.4. The summed E-state index contributed by atoms with van der Waals surface area (Å²) >= 11 is 0. The molecule has 2 atom stereocenters. The highest BCUT2D eigenvalue weighted by Gasteiger charge is 2.32. The second-order valence-electron chi connectivity index (χ2n) is 6.32. The van der Waals surface area contributed by atoms with Gasteiger partial charge >= 0.3 is 0 Å². The Morgan fingerprint density at radius 2 is 2.22 bits per heavy atom. The maximum atomic E-state index is 5.68. The highest BCUT2D eigenvalue weighted by molar-refractivity contribution is 5.53. The summed E-state index contributed by atoms with van der Waals surface area (Å²) in [5.41, 5.74) is 2.44. The largest absolute Gasteiger partial charge is 0.425 e. The van der Waals surface area contributed by atoms with Gasteiger partial charge in [-0.15, -0.1) is 10.2 Å². The van der Waals surface area contributed by atoms with Crippen molar-refractivity contribution in [3.05, 3.63) is 47.9 Å². The van der Waals surface area contributed by atoms with Gasteiger partial charge in [0.1, 0.15) is 0 Å². The lowest BCUT2D eigenvalue weighted by atomic mass is 9.90. The van der Waals surface area contributed by atoms with Crippen molar-refractivity contribution in [3.8, 4) is 0 Å². The molecule has 1 fully saturated rings. The van der Waals surface area contributed by atoms with E-state index in [0.717, 1.165) is 31.8 Å². The molecular formula is C17H21N5O. The number of aryl methyl sites for hydroxylation is 1. The molecule has 23 heavy (non-hydrogen) atoms. The molecule has 4 heterocycles. The van der Waals surface area contributed by atoms with Crippen LogP contribution in [-0.4, -0.2) is 37.3 Å². The van der Waals surface area contributed by atoms with Gasteiger partial charge in [0, 0.05) is 31.3 Å². The van der Waals surface area contributed by atoms with Crippen molar-refractivity contribution in [2.45, 2.75) is 45.2 Å². The number of fused-ring (bicyclic) bond motifs is 1. The van der Waals surface area contributed by atoms with E-state index in [1.165, 1.54) is 11.1 Å². The van der Waals surface area contributed by atoms with Crippen LogP contribution in [0.1, 0.15) is 43.0 Å². The Kier molecular flexibility index (Phi) is 3.61. The maximum absolute atomic E-state index is 5.68. The Hall–Kier alpha value is -2.21. The molecule has 6 heteroatoms. The van der Waals surface area contributed by atoms with Gasteiger partial charge in [0.15, 0.2) is 0 Å².